The van der Waals surface area contributed by atoms with Crippen molar-refractivity contribution < 1.29 is 9.53 Å². The molecule has 21 heavy (non-hydrogen) atoms. The summed E-state index contributed by atoms with van der Waals surface area (Å²) < 4.78 is 5.24. The molecule has 0 radical (unpaired) electrons. The van der Waals surface area contributed by atoms with Crippen LogP contribution in [0.5, 0.6) is 0 Å². The van der Waals surface area contributed by atoms with Crippen molar-refractivity contribution in [1.29, 1.82) is 0 Å². The van der Waals surface area contributed by atoms with Crippen LogP contribution in [0, 0.1) is 0 Å². The van der Waals surface area contributed by atoms with Gasteiger partial charge < -0.3 is 10.5 Å². The third-order valence-corrected chi connectivity index (χ3v) is 3.23. The first-order chi connectivity index (χ1) is 10.1. The summed E-state index contributed by atoms with van der Waals surface area (Å²) in [4.78, 5) is 11.5. The smallest absolute Gasteiger partial charge is 0.333 e. The minimum Gasteiger partial charge on any atom is -0.457 e. The first kappa shape index (κ1) is 15.0. The van der Waals surface area contributed by atoms with E-state index in [1.165, 1.54) is 0 Å². The van der Waals surface area contributed by atoms with Crippen molar-refractivity contribution in [3.05, 3.63) is 71.8 Å². The van der Waals surface area contributed by atoms with E-state index in [2.05, 4.69) is 6.58 Å². The summed E-state index contributed by atoms with van der Waals surface area (Å²) >= 11 is 0. The highest BCUT2D eigenvalue weighted by Crippen LogP contribution is 2.24. The van der Waals surface area contributed by atoms with E-state index in [9.17, 15) is 4.79 Å². The van der Waals surface area contributed by atoms with Gasteiger partial charge >= 0.3 is 5.97 Å². The number of carbonyl (C=O) groups excluding carboxylic acids is 1. The molecule has 0 saturated carbocycles. The van der Waals surface area contributed by atoms with Crippen molar-refractivity contribution in [2.75, 3.05) is 0 Å². The molecule has 2 aromatic carbocycles. The Morgan fingerprint density at radius 2 is 1.81 bits per heavy atom. The van der Waals surface area contributed by atoms with Crippen molar-refractivity contribution in [3.63, 3.8) is 0 Å². The molecule has 0 unspecified atom stereocenters. The minimum atomic E-state index is -0.372. The highest BCUT2D eigenvalue weighted by atomic mass is 16.5. The molecule has 0 aliphatic heterocycles. The van der Waals surface area contributed by atoms with Gasteiger partial charge in [0, 0.05) is 12.1 Å². The topological polar surface area (TPSA) is 52.3 Å². The van der Waals surface area contributed by atoms with E-state index in [1.807, 2.05) is 48.5 Å². The standard InChI is InChI=1S/C18H19NO2/c1-13(2)18(20)21-12-16-5-3-4-6-17(16)15-9-7-14(11-19)8-10-15/h3-10H,1,11-12,19H2,2H3. The van der Waals surface area contributed by atoms with E-state index in [0.717, 1.165) is 22.3 Å². The average molecular weight is 281 g/mol. The fourth-order valence-electron chi connectivity index (χ4n) is 2.01. The van der Waals surface area contributed by atoms with Gasteiger partial charge in [-0.25, -0.2) is 4.79 Å². The van der Waals surface area contributed by atoms with Crippen LogP contribution >= 0.6 is 0 Å². The molecule has 0 aliphatic rings. The van der Waals surface area contributed by atoms with E-state index >= 15 is 0 Å². The van der Waals surface area contributed by atoms with Crippen LogP contribution in [0.4, 0.5) is 0 Å². The zero-order valence-corrected chi connectivity index (χ0v) is 12.1. The molecular formula is C18H19NO2. The fraction of sp³-hybridized carbons (Fsp3) is 0.167. The van der Waals surface area contributed by atoms with E-state index in [1.54, 1.807) is 6.92 Å². The van der Waals surface area contributed by atoms with Crippen LogP contribution < -0.4 is 5.73 Å². The predicted octanol–water partition coefficient (Wildman–Crippen LogP) is 3.43. The van der Waals surface area contributed by atoms with Gasteiger partial charge in [-0.2, -0.15) is 0 Å². The monoisotopic (exact) mass is 281 g/mol. The number of carbonyl (C=O) groups is 1. The maximum absolute atomic E-state index is 11.5. The summed E-state index contributed by atoms with van der Waals surface area (Å²) in [7, 11) is 0. The van der Waals surface area contributed by atoms with Crippen LogP contribution in [0.25, 0.3) is 11.1 Å². The fourth-order valence-corrected chi connectivity index (χ4v) is 2.01. The Hall–Kier alpha value is -2.39. The van der Waals surface area contributed by atoms with Crippen LogP contribution in [0.2, 0.25) is 0 Å². The summed E-state index contributed by atoms with van der Waals surface area (Å²) in [6, 6.07) is 15.9. The lowest BCUT2D eigenvalue weighted by atomic mass is 9.99. The number of ether oxygens (including phenoxy) is 1. The third-order valence-electron chi connectivity index (χ3n) is 3.23. The third kappa shape index (κ3) is 3.80. The van der Waals surface area contributed by atoms with Gasteiger partial charge in [0.25, 0.3) is 0 Å². The molecule has 0 heterocycles. The number of nitrogens with two attached hydrogens (primary N) is 1. The lowest BCUT2D eigenvalue weighted by molar-refractivity contribution is -0.140. The molecule has 108 valence electrons. The first-order valence-corrected chi connectivity index (χ1v) is 6.81. The van der Waals surface area contributed by atoms with Crippen molar-refractivity contribution in [2.45, 2.75) is 20.1 Å². The number of esters is 1. The minimum absolute atomic E-state index is 0.237. The highest BCUT2D eigenvalue weighted by Gasteiger charge is 2.08. The molecular weight excluding hydrogens is 262 g/mol. The molecule has 0 amide bonds. The van der Waals surface area contributed by atoms with Crippen LogP contribution in [-0.2, 0) is 22.7 Å². The summed E-state index contributed by atoms with van der Waals surface area (Å²) in [5.41, 5.74) is 10.2. The molecule has 2 aromatic rings. The Bertz CT molecular complexity index is 645. The largest absolute Gasteiger partial charge is 0.457 e. The van der Waals surface area contributed by atoms with E-state index in [4.69, 9.17) is 10.5 Å². The molecule has 0 aliphatic carbocycles. The van der Waals surface area contributed by atoms with Gasteiger partial charge in [0.05, 0.1) is 0 Å². The summed E-state index contributed by atoms with van der Waals surface area (Å²) in [6.07, 6.45) is 0. The van der Waals surface area contributed by atoms with Gasteiger partial charge in [0.2, 0.25) is 0 Å². The van der Waals surface area contributed by atoms with Crippen LogP contribution in [0.1, 0.15) is 18.1 Å². The Balaban J connectivity index is 2.23. The molecule has 0 aromatic heterocycles. The van der Waals surface area contributed by atoms with Crippen LogP contribution in [0.3, 0.4) is 0 Å². The molecule has 0 atom stereocenters. The molecule has 0 bridgehead atoms. The van der Waals surface area contributed by atoms with Gasteiger partial charge in [0.15, 0.2) is 0 Å². The molecule has 2 N–H and O–H groups in total. The quantitative estimate of drug-likeness (QED) is 0.674. The van der Waals surface area contributed by atoms with Crippen molar-refractivity contribution >= 4 is 5.97 Å². The van der Waals surface area contributed by atoms with Crippen molar-refractivity contribution in [1.82, 2.24) is 0 Å². The van der Waals surface area contributed by atoms with Gasteiger partial charge in [-0.05, 0) is 29.2 Å². The van der Waals surface area contributed by atoms with Gasteiger partial charge in [0.1, 0.15) is 6.61 Å². The maximum Gasteiger partial charge on any atom is 0.333 e. The Kier molecular flexibility index (Phi) is 4.90. The zero-order valence-electron chi connectivity index (χ0n) is 12.1. The van der Waals surface area contributed by atoms with Gasteiger partial charge in [-0.3, -0.25) is 0 Å². The van der Waals surface area contributed by atoms with Crippen LogP contribution in [-0.4, -0.2) is 5.97 Å². The lowest BCUT2D eigenvalue weighted by Crippen LogP contribution is -2.05. The second-order valence-corrected chi connectivity index (χ2v) is 4.91. The summed E-state index contributed by atoms with van der Waals surface area (Å²) in [6.45, 7) is 5.98. The number of hydrogen-bond donors (Lipinski definition) is 1. The number of rotatable bonds is 5. The first-order valence-electron chi connectivity index (χ1n) is 6.81. The lowest BCUT2D eigenvalue weighted by Gasteiger charge is -2.11. The van der Waals surface area contributed by atoms with E-state index in [-0.39, 0.29) is 12.6 Å². The number of hydrogen-bond acceptors (Lipinski definition) is 3. The van der Waals surface area contributed by atoms with Crippen molar-refractivity contribution in [3.8, 4) is 11.1 Å². The SMILES string of the molecule is C=C(C)C(=O)OCc1ccccc1-c1ccc(CN)cc1. The van der Waals surface area contributed by atoms with Gasteiger partial charge in [-0.1, -0.05) is 55.1 Å². The normalized spacial score (nSPS) is 10.2. The Morgan fingerprint density at radius 3 is 2.43 bits per heavy atom. The summed E-state index contributed by atoms with van der Waals surface area (Å²) in [5.74, 6) is -0.372. The molecule has 0 saturated heterocycles. The average Bonchev–Trinajstić information content (AvgIpc) is 2.53. The molecule has 3 nitrogen and oxygen atoms in total. The van der Waals surface area contributed by atoms with Crippen molar-refractivity contribution in [2.24, 2.45) is 5.73 Å². The zero-order chi connectivity index (χ0) is 15.2. The van der Waals surface area contributed by atoms with Crippen LogP contribution in [0.15, 0.2) is 60.7 Å². The molecule has 0 spiro atoms. The highest BCUT2D eigenvalue weighted by molar-refractivity contribution is 5.87. The summed E-state index contributed by atoms with van der Waals surface area (Å²) in [5, 5.41) is 0. The second kappa shape index (κ2) is 6.86. The van der Waals surface area contributed by atoms with Gasteiger partial charge in [-0.15, -0.1) is 0 Å². The predicted molar refractivity (Wildman–Crippen MR) is 84.4 cm³/mol. The molecule has 0 fully saturated rings. The Labute approximate surface area is 125 Å². The second-order valence-electron chi connectivity index (χ2n) is 4.91. The molecule has 2 rings (SSSR count). The molecule has 3 heteroatoms. The maximum atomic E-state index is 11.5. The van der Waals surface area contributed by atoms with E-state index < -0.39 is 0 Å². The van der Waals surface area contributed by atoms with E-state index in [0.29, 0.717) is 12.1 Å². The Morgan fingerprint density at radius 1 is 1.14 bits per heavy atom. The number of benzene rings is 2.